The largest absolute Gasteiger partial charge is 0.460 e. The van der Waals surface area contributed by atoms with E-state index in [1.54, 1.807) is 0 Å². The van der Waals surface area contributed by atoms with Crippen molar-refractivity contribution in [2.45, 2.75) is 20.0 Å². The van der Waals surface area contributed by atoms with Crippen LogP contribution >= 0.6 is 0 Å². The van der Waals surface area contributed by atoms with E-state index in [0.717, 1.165) is 5.56 Å². The fourth-order valence-electron chi connectivity index (χ4n) is 1.35. The molecule has 0 heterocycles. The van der Waals surface area contributed by atoms with Crippen LogP contribution in [0.3, 0.4) is 0 Å². The first-order valence-corrected chi connectivity index (χ1v) is 5.45. The number of hydrogen-bond donors (Lipinski definition) is 1. The van der Waals surface area contributed by atoms with Gasteiger partial charge in [-0.2, -0.15) is 0 Å². The second-order valence-corrected chi connectivity index (χ2v) is 4.14. The van der Waals surface area contributed by atoms with Crippen LogP contribution in [0.5, 0.6) is 0 Å². The molecule has 0 fully saturated rings. The van der Waals surface area contributed by atoms with Gasteiger partial charge in [0.25, 0.3) is 0 Å². The average Bonchev–Trinajstić information content (AvgIpc) is 2.37. The Morgan fingerprint density at radius 1 is 1.39 bits per heavy atom. The topological polar surface area (TPSA) is 69.4 Å². The summed E-state index contributed by atoms with van der Waals surface area (Å²) in [5, 5.41) is 0. The number of nitrogens with two attached hydrogens (primary N) is 1. The molecule has 0 aliphatic rings. The van der Waals surface area contributed by atoms with E-state index in [2.05, 4.69) is 5.92 Å². The predicted molar refractivity (Wildman–Crippen MR) is 67.0 cm³/mol. The Labute approximate surface area is 106 Å². The molecule has 0 saturated heterocycles. The number of terminal acetylenes is 1. The monoisotopic (exact) mass is 245 g/mol. The normalized spacial score (nSPS) is 13.1. The second-order valence-electron chi connectivity index (χ2n) is 4.14. The molecule has 0 aromatic heterocycles. The van der Waals surface area contributed by atoms with E-state index in [1.807, 2.05) is 30.3 Å². The molecule has 1 aromatic rings. The molecule has 0 spiro atoms. The van der Waals surface area contributed by atoms with Crippen molar-refractivity contribution in [3.05, 3.63) is 35.9 Å². The molecule has 0 radical (unpaired) electrons. The lowest BCUT2D eigenvalue weighted by molar-refractivity contribution is -0.160. The number of carbonyl (C=O) groups excluding carboxylic acids is 2. The van der Waals surface area contributed by atoms with Crippen LogP contribution < -0.4 is 5.73 Å². The minimum Gasteiger partial charge on any atom is -0.460 e. The number of ether oxygens (including phenoxy) is 1. The van der Waals surface area contributed by atoms with Crippen LogP contribution in [0.4, 0.5) is 0 Å². The molecule has 2 N–H and O–H groups in total. The summed E-state index contributed by atoms with van der Waals surface area (Å²) in [7, 11) is 0. The van der Waals surface area contributed by atoms with Gasteiger partial charge in [-0.3, -0.25) is 9.59 Å². The van der Waals surface area contributed by atoms with Crippen LogP contribution in [0.25, 0.3) is 0 Å². The summed E-state index contributed by atoms with van der Waals surface area (Å²) >= 11 is 0. The van der Waals surface area contributed by atoms with Crippen LogP contribution in [0, 0.1) is 17.8 Å². The SMILES string of the molecule is C#CC[C@@](C)(C(N)=O)C(=O)OCc1ccccc1. The van der Waals surface area contributed by atoms with Crippen LogP contribution in [0.1, 0.15) is 18.9 Å². The van der Waals surface area contributed by atoms with Crippen molar-refractivity contribution in [2.75, 3.05) is 0 Å². The van der Waals surface area contributed by atoms with Gasteiger partial charge in [0, 0.05) is 6.42 Å². The molecule has 0 bridgehead atoms. The van der Waals surface area contributed by atoms with Crippen LogP contribution in [0.2, 0.25) is 0 Å². The smallest absolute Gasteiger partial charge is 0.322 e. The van der Waals surface area contributed by atoms with E-state index in [0.29, 0.717) is 0 Å². The first-order valence-electron chi connectivity index (χ1n) is 5.45. The van der Waals surface area contributed by atoms with Gasteiger partial charge in [-0.25, -0.2) is 0 Å². The van der Waals surface area contributed by atoms with Gasteiger partial charge in [-0.05, 0) is 12.5 Å². The Hall–Kier alpha value is -2.28. The van der Waals surface area contributed by atoms with E-state index in [4.69, 9.17) is 16.9 Å². The van der Waals surface area contributed by atoms with E-state index in [1.165, 1.54) is 6.92 Å². The third-order valence-electron chi connectivity index (χ3n) is 2.66. The molecule has 4 heteroatoms. The molecular formula is C14H15NO3. The minimum atomic E-state index is -1.47. The Bertz CT molecular complexity index is 476. The Balaban J connectivity index is 2.70. The first-order chi connectivity index (χ1) is 8.50. The molecule has 1 rings (SSSR count). The lowest BCUT2D eigenvalue weighted by atomic mass is 9.86. The van der Waals surface area contributed by atoms with Crippen molar-refractivity contribution in [3.8, 4) is 12.3 Å². The molecule has 0 unspecified atom stereocenters. The van der Waals surface area contributed by atoms with Crippen molar-refractivity contribution in [1.82, 2.24) is 0 Å². The highest BCUT2D eigenvalue weighted by atomic mass is 16.5. The van der Waals surface area contributed by atoms with Gasteiger partial charge in [-0.1, -0.05) is 30.3 Å². The maximum Gasteiger partial charge on any atom is 0.322 e. The summed E-state index contributed by atoms with van der Waals surface area (Å²) in [4.78, 5) is 23.1. The lowest BCUT2D eigenvalue weighted by Crippen LogP contribution is -2.42. The molecule has 18 heavy (non-hydrogen) atoms. The molecular weight excluding hydrogens is 230 g/mol. The Morgan fingerprint density at radius 3 is 2.50 bits per heavy atom. The third kappa shape index (κ3) is 3.11. The van der Waals surface area contributed by atoms with Crippen molar-refractivity contribution in [2.24, 2.45) is 11.1 Å². The second kappa shape index (κ2) is 5.87. The van der Waals surface area contributed by atoms with Gasteiger partial charge < -0.3 is 10.5 Å². The van der Waals surface area contributed by atoms with Crippen LogP contribution in [0.15, 0.2) is 30.3 Å². The minimum absolute atomic E-state index is 0.0735. The van der Waals surface area contributed by atoms with E-state index >= 15 is 0 Å². The summed E-state index contributed by atoms with van der Waals surface area (Å²) in [6.45, 7) is 1.48. The van der Waals surface area contributed by atoms with Gasteiger partial charge in [0.15, 0.2) is 5.41 Å². The number of benzene rings is 1. The predicted octanol–water partition coefficient (Wildman–Crippen LogP) is 1.24. The summed E-state index contributed by atoms with van der Waals surface area (Å²) in [6.07, 6.45) is 5.06. The number of amides is 1. The fraction of sp³-hybridized carbons (Fsp3) is 0.286. The zero-order valence-electron chi connectivity index (χ0n) is 10.2. The van der Waals surface area contributed by atoms with E-state index in [-0.39, 0.29) is 13.0 Å². The Morgan fingerprint density at radius 2 is 2.00 bits per heavy atom. The zero-order chi connectivity index (χ0) is 13.6. The number of rotatable bonds is 5. The van der Waals surface area contributed by atoms with Gasteiger partial charge in [0.2, 0.25) is 5.91 Å². The van der Waals surface area contributed by atoms with Gasteiger partial charge in [0.05, 0.1) is 0 Å². The molecule has 0 aliphatic carbocycles. The van der Waals surface area contributed by atoms with Crippen LogP contribution in [-0.4, -0.2) is 11.9 Å². The van der Waals surface area contributed by atoms with Crippen molar-refractivity contribution < 1.29 is 14.3 Å². The summed E-state index contributed by atoms with van der Waals surface area (Å²) in [5.41, 5.74) is 4.55. The van der Waals surface area contributed by atoms with E-state index < -0.39 is 17.3 Å². The van der Waals surface area contributed by atoms with Crippen LogP contribution in [-0.2, 0) is 20.9 Å². The molecule has 94 valence electrons. The molecule has 0 aliphatic heterocycles. The van der Waals surface area contributed by atoms with E-state index in [9.17, 15) is 9.59 Å². The summed E-state index contributed by atoms with van der Waals surface area (Å²) in [6, 6.07) is 9.15. The molecule has 4 nitrogen and oxygen atoms in total. The highest BCUT2D eigenvalue weighted by Crippen LogP contribution is 2.23. The summed E-state index contributed by atoms with van der Waals surface area (Å²) in [5.74, 6) is 0.791. The van der Waals surface area contributed by atoms with Crippen molar-refractivity contribution in [3.63, 3.8) is 0 Å². The lowest BCUT2D eigenvalue weighted by Gasteiger charge is -2.21. The van der Waals surface area contributed by atoms with Crippen molar-refractivity contribution >= 4 is 11.9 Å². The highest BCUT2D eigenvalue weighted by molar-refractivity contribution is 6.01. The number of carbonyl (C=O) groups is 2. The first kappa shape index (κ1) is 13.8. The standard InChI is InChI=1S/C14H15NO3/c1-3-9-14(2,12(15)16)13(17)18-10-11-7-5-4-6-8-11/h1,4-8H,9-10H2,2H3,(H2,15,16)/t14-/m0/s1. The number of hydrogen-bond acceptors (Lipinski definition) is 3. The van der Waals surface area contributed by atoms with Gasteiger partial charge >= 0.3 is 5.97 Å². The van der Waals surface area contributed by atoms with Gasteiger partial charge in [-0.15, -0.1) is 12.3 Å². The molecule has 0 saturated carbocycles. The molecule has 1 atom stereocenters. The average molecular weight is 245 g/mol. The van der Waals surface area contributed by atoms with Crippen molar-refractivity contribution in [1.29, 1.82) is 0 Å². The Kier molecular flexibility index (Phi) is 4.50. The maximum atomic E-state index is 11.9. The zero-order valence-corrected chi connectivity index (χ0v) is 10.2. The quantitative estimate of drug-likeness (QED) is 0.482. The third-order valence-corrected chi connectivity index (χ3v) is 2.66. The number of esters is 1. The molecule has 1 aromatic carbocycles. The summed E-state index contributed by atoms with van der Waals surface area (Å²) < 4.78 is 5.07. The highest BCUT2D eigenvalue weighted by Gasteiger charge is 2.40. The molecule has 1 amide bonds. The van der Waals surface area contributed by atoms with Gasteiger partial charge in [0.1, 0.15) is 6.61 Å². The maximum absolute atomic E-state index is 11.9. The fourth-order valence-corrected chi connectivity index (χ4v) is 1.35. The number of primary amides is 1.